The highest BCUT2D eigenvalue weighted by Gasteiger charge is 2.27. The maximum atomic E-state index is 12.9. The van der Waals surface area contributed by atoms with E-state index in [2.05, 4.69) is 9.97 Å². The normalized spacial score (nSPS) is 15.3. The summed E-state index contributed by atoms with van der Waals surface area (Å²) < 4.78 is 0. The number of amides is 1. The molecule has 1 aromatic heterocycles. The molecule has 0 saturated carbocycles. The summed E-state index contributed by atoms with van der Waals surface area (Å²) in [4.78, 5) is 25.9. The Kier molecular flexibility index (Phi) is 6.01. The number of rotatable bonds is 5. The molecule has 1 aliphatic heterocycles. The van der Waals surface area contributed by atoms with Crippen molar-refractivity contribution in [2.24, 2.45) is 0 Å². The lowest BCUT2D eigenvalue weighted by Crippen LogP contribution is -2.50. The molecule has 1 aliphatic rings. The van der Waals surface area contributed by atoms with Gasteiger partial charge >= 0.3 is 0 Å². The number of carbonyl (C=O) groups excluding carboxylic acids is 1. The van der Waals surface area contributed by atoms with Crippen LogP contribution in [0.3, 0.4) is 0 Å². The first-order valence-electron chi connectivity index (χ1n) is 10.4. The number of piperazine rings is 1. The molecule has 4 N–H and O–H groups in total. The number of nitrogen functional groups attached to an aromatic ring is 1. The first kappa shape index (κ1) is 21.0. The molecule has 31 heavy (non-hydrogen) atoms. The van der Waals surface area contributed by atoms with E-state index in [9.17, 15) is 15.0 Å². The highest BCUT2D eigenvalue weighted by atomic mass is 16.3. The quantitative estimate of drug-likeness (QED) is 0.574. The first-order valence-corrected chi connectivity index (χ1v) is 10.4. The van der Waals surface area contributed by atoms with Gasteiger partial charge in [0.1, 0.15) is 5.82 Å². The molecule has 8 heteroatoms. The number of nitrogens with zero attached hydrogens (tertiary/aromatic N) is 4. The van der Waals surface area contributed by atoms with E-state index in [1.54, 1.807) is 12.1 Å². The molecule has 1 unspecified atom stereocenters. The second-order valence-electron chi connectivity index (χ2n) is 7.81. The highest BCUT2D eigenvalue weighted by Crippen LogP contribution is 2.26. The van der Waals surface area contributed by atoms with Crippen molar-refractivity contribution < 1.29 is 15.0 Å². The molecule has 0 radical (unpaired) electrons. The summed E-state index contributed by atoms with van der Waals surface area (Å²) in [7, 11) is 0. The molecule has 2 aromatic carbocycles. The zero-order valence-corrected chi connectivity index (χ0v) is 17.5. The Morgan fingerprint density at radius 3 is 2.32 bits per heavy atom. The van der Waals surface area contributed by atoms with Crippen LogP contribution in [0, 0.1) is 0 Å². The number of aliphatic hydroxyl groups excluding tert-OH is 2. The predicted octanol–water partition coefficient (Wildman–Crippen LogP) is 1.65. The third-order valence-corrected chi connectivity index (χ3v) is 5.92. The van der Waals surface area contributed by atoms with Crippen LogP contribution in [0.2, 0.25) is 0 Å². The summed E-state index contributed by atoms with van der Waals surface area (Å²) in [6, 6.07) is 13.3. The Labute approximate surface area is 180 Å². The summed E-state index contributed by atoms with van der Waals surface area (Å²) >= 11 is 0. The van der Waals surface area contributed by atoms with Crippen molar-refractivity contribution in [3.8, 4) is 0 Å². The van der Waals surface area contributed by atoms with Crippen LogP contribution in [-0.4, -0.2) is 57.2 Å². The van der Waals surface area contributed by atoms with Crippen molar-refractivity contribution in [1.82, 2.24) is 14.9 Å². The fourth-order valence-electron chi connectivity index (χ4n) is 4.00. The molecule has 1 atom stereocenters. The summed E-state index contributed by atoms with van der Waals surface area (Å²) in [5, 5.41) is 19.7. The molecule has 8 nitrogen and oxygen atoms in total. The molecule has 0 spiro atoms. The van der Waals surface area contributed by atoms with Crippen LogP contribution in [0.5, 0.6) is 0 Å². The number of anilines is 2. The largest absolute Gasteiger partial charge is 0.392 e. The summed E-state index contributed by atoms with van der Waals surface area (Å²) in [5.74, 6) is 0.774. The smallest absolute Gasteiger partial charge is 0.229 e. The minimum absolute atomic E-state index is 0.119. The van der Waals surface area contributed by atoms with Gasteiger partial charge in [0.15, 0.2) is 0 Å². The molecular formula is C23H27N5O3. The third kappa shape index (κ3) is 4.17. The number of aliphatic hydroxyl groups is 2. The molecular weight excluding hydrogens is 394 g/mol. The van der Waals surface area contributed by atoms with Gasteiger partial charge in [0.25, 0.3) is 0 Å². The van der Waals surface area contributed by atoms with Crippen molar-refractivity contribution in [2.75, 3.05) is 36.8 Å². The Bertz CT molecular complexity index is 1080. The second kappa shape index (κ2) is 8.87. The Balaban J connectivity index is 1.50. The van der Waals surface area contributed by atoms with Gasteiger partial charge in [-0.2, -0.15) is 4.98 Å². The number of hydrogen-bond acceptors (Lipinski definition) is 7. The average Bonchev–Trinajstić information content (AvgIpc) is 2.82. The maximum absolute atomic E-state index is 12.9. The van der Waals surface area contributed by atoms with Crippen LogP contribution in [0.15, 0.2) is 42.5 Å². The molecule has 4 rings (SSSR count). The highest BCUT2D eigenvalue weighted by molar-refractivity contribution is 5.90. The van der Waals surface area contributed by atoms with Crippen molar-refractivity contribution in [2.45, 2.75) is 26.1 Å². The lowest BCUT2D eigenvalue weighted by molar-refractivity contribution is -0.132. The fraction of sp³-hybridized carbons (Fsp3) is 0.348. The zero-order valence-electron chi connectivity index (χ0n) is 17.5. The lowest BCUT2D eigenvalue weighted by atomic mass is 9.99. The van der Waals surface area contributed by atoms with Gasteiger partial charge in [-0.3, -0.25) is 4.79 Å². The van der Waals surface area contributed by atoms with E-state index in [1.807, 2.05) is 47.1 Å². The fourth-order valence-corrected chi connectivity index (χ4v) is 4.00. The van der Waals surface area contributed by atoms with Crippen molar-refractivity contribution in [3.63, 3.8) is 0 Å². The van der Waals surface area contributed by atoms with Crippen LogP contribution >= 0.6 is 0 Å². The standard InChI is InChI=1S/C23H27N5O3/c1-15(16-5-3-2-4-6-16)22(31)27-7-9-28(10-8-27)23-25-20-12-18(14-30)17(13-29)11-19(20)21(24)26-23/h2-6,11-12,15,29-30H,7-10,13-14H2,1H3,(H2,24,25,26). The van der Waals surface area contributed by atoms with Crippen LogP contribution in [0.25, 0.3) is 10.9 Å². The number of aromatic nitrogens is 2. The van der Waals surface area contributed by atoms with Gasteiger partial charge in [0.05, 0.1) is 24.6 Å². The van der Waals surface area contributed by atoms with E-state index in [-0.39, 0.29) is 25.0 Å². The summed E-state index contributed by atoms with van der Waals surface area (Å²) in [5.41, 5.74) is 9.04. The molecule has 1 saturated heterocycles. The Morgan fingerprint density at radius 2 is 1.68 bits per heavy atom. The van der Waals surface area contributed by atoms with Crippen molar-refractivity contribution >= 4 is 28.6 Å². The minimum Gasteiger partial charge on any atom is -0.392 e. The number of carbonyl (C=O) groups is 1. The van der Waals surface area contributed by atoms with Gasteiger partial charge < -0.3 is 25.7 Å². The molecule has 0 aliphatic carbocycles. The molecule has 1 fully saturated rings. The van der Waals surface area contributed by atoms with Crippen LogP contribution < -0.4 is 10.6 Å². The lowest BCUT2D eigenvalue weighted by Gasteiger charge is -2.36. The maximum Gasteiger partial charge on any atom is 0.229 e. The van der Waals surface area contributed by atoms with Gasteiger partial charge in [0.2, 0.25) is 11.9 Å². The van der Waals surface area contributed by atoms with Crippen LogP contribution in [0.1, 0.15) is 29.5 Å². The predicted molar refractivity (Wildman–Crippen MR) is 119 cm³/mol. The van der Waals surface area contributed by atoms with Crippen LogP contribution in [0.4, 0.5) is 11.8 Å². The first-order chi connectivity index (χ1) is 15.0. The van der Waals surface area contributed by atoms with E-state index < -0.39 is 0 Å². The van der Waals surface area contributed by atoms with Crippen molar-refractivity contribution in [3.05, 3.63) is 59.2 Å². The SMILES string of the molecule is CC(C(=O)N1CCN(c2nc(N)c3cc(CO)c(CO)cc3n2)CC1)c1ccccc1. The molecule has 162 valence electrons. The van der Waals surface area contributed by atoms with E-state index in [0.717, 1.165) is 5.56 Å². The molecule has 1 amide bonds. The number of nitrogens with two attached hydrogens (primary N) is 1. The van der Waals surface area contributed by atoms with Gasteiger partial charge in [-0.1, -0.05) is 30.3 Å². The summed E-state index contributed by atoms with van der Waals surface area (Å²) in [6.07, 6.45) is 0. The number of benzene rings is 2. The van der Waals surface area contributed by atoms with Gasteiger partial charge in [-0.25, -0.2) is 4.98 Å². The van der Waals surface area contributed by atoms with Crippen molar-refractivity contribution in [1.29, 1.82) is 0 Å². The Hall–Kier alpha value is -3.23. The van der Waals surface area contributed by atoms with E-state index in [4.69, 9.17) is 5.73 Å². The Morgan fingerprint density at radius 1 is 1.03 bits per heavy atom. The minimum atomic E-state index is -0.190. The molecule has 2 heterocycles. The van der Waals surface area contributed by atoms with E-state index >= 15 is 0 Å². The summed E-state index contributed by atoms with van der Waals surface area (Å²) in [6.45, 7) is 3.96. The van der Waals surface area contributed by atoms with E-state index in [0.29, 0.717) is 60.0 Å². The molecule has 0 bridgehead atoms. The van der Waals surface area contributed by atoms with Gasteiger partial charge in [-0.05, 0) is 35.7 Å². The number of hydrogen-bond donors (Lipinski definition) is 3. The zero-order chi connectivity index (χ0) is 22.0. The topological polar surface area (TPSA) is 116 Å². The molecule has 3 aromatic rings. The van der Waals surface area contributed by atoms with Gasteiger partial charge in [-0.15, -0.1) is 0 Å². The number of fused-ring (bicyclic) bond motifs is 1. The van der Waals surface area contributed by atoms with E-state index in [1.165, 1.54) is 0 Å². The van der Waals surface area contributed by atoms with Crippen LogP contribution in [-0.2, 0) is 18.0 Å². The monoisotopic (exact) mass is 421 g/mol. The van der Waals surface area contributed by atoms with Gasteiger partial charge in [0, 0.05) is 31.6 Å². The third-order valence-electron chi connectivity index (χ3n) is 5.92. The average molecular weight is 422 g/mol. The second-order valence-corrected chi connectivity index (χ2v) is 7.81.